The fourth-order valence-corrected chi connectivity index (χ4v) is 5.94. The van der Waals surface area contributed by atoms with Crippen molar-refractivity contribution >= 4 is 21.6 Å². The lowest BCUT2D eigenvalue weighted by Gasteiger charge is -2.31. The summed E-state index contributed by atoms with van der Waals surface area (Å²) >= 11 is 1.69. The van der Waals surface area contributed by atoms with Crippen LogP contribution in [0, 0.1) is 0 Å². The molecule has 0 aliphatic heterocycles. The van der Waals surface area contributed by atoms with Crippen molar-refractivity contribution < 1.29 is 4.74 Å². The Balaban J connectivity index is 1.29. The summed E-state index contributed by atoms with van der Waals surface area (Å²) in [5.74, 6) is 0. The van der Waals surface area contributed by atoms with Crippen molar-refractivity contribution in [2.24, 2.45) is 0 Å². The molecule has 8 heteroatoms. The van der Waals surface area contributed by atoms with Gasteiger partial charge >= 0.3 is 0 Å². The topological polar surface area (TPSA) is 65.2 Å². The molecule has 172 valence electrons. The number of likely N-dealkylation sites (N-methyl/N-ethyl adjacent to an activating group) is 1. The average molecular weight is 464 g/mol. The number of methoxy groups -OCH3 is 1. The van der Waals surface area contributed by atoms with Crippen LogP contribution in [0.3, 0.4) is 0 Å². The molecule has 0 fully saturated rings. The standard InChI is InChI=1S/C25H29N5O2S/c1-28(16-18-5-7-19(8-6-18)30-13-3-11-27-30)20-9-10-21-22(15-20)33-24-23(21)25(31)29(17-26-24)12-4-14-32-2/h3,5-8,11,13,17,20H,4,9-10,12,14-16H2,1-2H3. The second kappa shape index (κ2) is 9.59. The van der Waals surface area contributed by atoms with Gasteiger partial charge in [0.05, 0.1) is 17.4 Å². The summed E-state index contributed by atoms with van der Waals surface area (Å²) in [7, 11) is 3.88. The number of ether oxygens (including phenoxy) is 1. The molecule has 1 aromatic carbocycles. The quantitative estimate of drug-likeness (QED) is 0.373. The predicted molar refractivity (Wildman–Crippen MR) is 131 cm³/mol. The first-order chi connectivity index (χ1) is 16.1. The van der Waals surface area contributed by atoms with Crippen molar-refractivity contribution in [3.05, 3.63) is 75.4 Å². The van der Waals surface area contributed by atoms with E-state index in [0.717, 1.165) is 48.1 Å². The Morgan fingerprint density at radius 1 is 1.27 bits per heavy atom. The van der Waals surface area contributed by atoms with Crippen LogP contribution in [0.15, 0.2) is 53.8 Å². The molecule has 1 aliphatic carbocycles. The maximum atomic E-state index is 13.1. The molecule has 4 aromatic rings. The van der Waals surface area contributed by atoms with Gasteiger partial charge < -0.3 is 4.74 Å². The van der Waals surface area contributed by atoms with E-state index in [9.17, 15) is 4.79 Å². The van der Waals surface area contributed by atoms with E-state index in [1.54, 1.807) is 35.5 Å². The minimum atomic E-state index is 0.0951. The van der Waals surface area contributed by atoms with Gasteiger partial charge in [-0.05, 0) is 62.1 Å². The molecule has 1 aliphatic rings. The SMILES string of the molecule is COCCCn1cnc2sc3c(c2c1=O)CCC(N(C)Cc1ccc(-n2cccn2)cc1)C3. The molecule has 0 N–H and O–H groups in total. The molecule has 5 rings (SSSR count). The molecule has 0 bridgehead atoms. The van der Waals surface area contributed by atoms with Gasteiger partial charge in [-0.1, -0.05) is 12.1 Å². The number of fused-ring (bicyclic) bond motifs is 3. The number of aryl methyl sites for hydroxylation is 2. The van der Waals surface area contributed by atoms with Crippen molar-refractivity contribution in [1.82, 2.24) is 24.2 Å². The van der Waals surface area contributed by atoms with Gasteiger partial charge in [0.15, 0.2) is 0 Å². The van der Waals surface area contributed by atoms with Crippen LogP contribution >= 0.6 is 11.3 Å². The third kappa shape index (κ3) is 4.51. The van der Waals surface area contributed by atoms with Crippen molar-refractivity contribution in [1.29, 1.82) is 0 Å². The van der Waals surface area contributed by atoms with Crippen LogP contribution < -0.4 is 5.56 Å². The van der Waals surface area contributed by atoms with Gasteiger partial charge in [0.25, 0.3) is 5.56 Å². The molecule has 1 unspecified atom stereocenters. The summed E-state index contributed by atoms with van der Waals surface area (Å²) in [6.07, 6.45) is 9.21. The number of benzene rings is 1. The van der Waals surface area contributed by atoms with Crippen LogP contribution in [0.5, 0.6) is 0 Å². The molecule has 33 heavy (non-hydrogen) atoms. The van der Waals surface area contributed by atoms with Gasteiger partial charge in [-0.2, -0.15) is 5.10 Å². The minimum absolute atomic E-state index is 0.0951. The van der Waals surface area contributed by atoms with Crippen LogP contribution in [0.25, 0.3) is 15.9 Å². The van der Waals surface area contributed by atoms with Crippen molar-refractivity contribution in [3.63, 3.8) is 0 Å². The molecule has 3 aromatic heterocycles. The fraction of sp³-hybridized carbons (Fsp3) is 0.400. The highest BCUT2D eigenvalue weighted by atomic mass is 32.1. The maximum Gasteiger partial charge on any atom is 0.262 e. The Labute approximate surface area is 197 Å². The molecular weight excluding hydrogens is 434 g/mol. The van der Waals surface area contributed by atoms with E-state index in [4.69, 9.17) is 4.74 Å². The highest BCUT2D eigenvalue weighted by Gasteiger charge is 2.27. The number of aromatic nitrogens is 4. The first kappa shape index (κ1) is 22.0. The lowest BCUT2D eigenvalue weighted by Crippen LogP contribution is -2.35. The van der Waals surface area contributed by atoms with Crippen LogP contribution in [-0.4, -0.2) is 51.0 Å². The van der Waals surface area contributed by atoms with Crippen LogP contribution in [0.4, 0.5) is 0 Å². The number of nitrogens with zero attached hydrogens (tertiary/aromatic N) is 5. The van der Waals surface area contributed by atoms with Gasteiger partial charge in [-0.25, -0.2) is 9.67 Å². The lowest BCUT2D eigenvalue weighted by atomic mass is 9.92. The van der Waals surface area contributed by atoms with E-state index in [1.165, 1.54) is 16.0 Å². The van der Waals surface area contributed by atoms with E-state index in [0.29, 0.717) is 19.2 Å². The molecule has 0 radical (unpaired) electrons. The Hall–Kier alpha value is -2.81. The lowest BCUT2D eigenvalue weighted by molar-refractivity contribution is 0.190. The molecule has 1 atom stereocenters. The second-order valence-corrected chi connectivity index (χ2v) is 9.79. The minimum Gasteiger partial charge on any atom is -0.385 e. The first-order valence-electron chi connectivity index (χ1n) is 11.4. The summed E-state index contributed by atoms with van der Waals surface area (Å²) in [4.78, 5) is 22.3. The van der Waals surface area contributed by atoms with Gasteiger partial charge in [-0.3, -0.25) is 14.3 Å². The highest BCUT2D eigenvalue weighted by Crippen LogP contribution is 2.35. The van der Waals surface area contributed by atoms with E-state index >= 15 is 0 Å². The fourth-order valence-electron chi connectivity index (χ4n) is 4.69. The number of hydrogen-bond acceptors (Lipinski definition) is 6. The van der Waals surface area contributed by atoms with Crippen molar-refractivity contribution in [2.45, 2.75) is 44.8 Å². The maximum absolute atomic E-state index is 13.1. The first-order valence-corrected chi connectivity index (χ1v) is 12.2. The number of rotatable bonds is 8. The molecule has 0 saturated heterocycles. The Bertz CT molecular complexity index is 1280. The van der Waals surface area contributed by atoms with Gasteiger partial charge in [0.2, 0.25) is 0 Å². The number of hydrogen-bond donors (Lipinski definition) is 0. The van der Waals surface area contributed by atoms with Crippen molar-refractivity contribution in [3.8, 4) is 5.69 Å². The zero-order valence-corrected chi connectivity index (χ0v) is 19.9. The van der Waals surface area contributed by atoms with Crippen LogP contribution in [0.1, 0.15) is 28.8 Å². The van der Waals surface area contributed by atoms with Crippen molar-refractivity contribution in [2.75, 3.05) is 20.8 Å². The molecular formula is C25H29N5O2S. The number of thiophene rings is 1. The molecule has 3 heterocycles. The Morgan fingerprint density at radius 2 is 2.12 bits per heavy atom. The summed E-state index contributed by atoms with van der Waals surface area (Å²) in [6.45, 7) is 2.19. The largest absolute Gasteiger partial charge is 0.385 e. The second-order valence-electron chi connectivity index (χ2n) is 8.70. The van der Waals surface area contributed by atoms with E-state index in [-0.39, 0.29) is 5.56 Å². The monoisotopic (exact) mass is 463 g/mol. The Kier molecular flexibility index (Phi) is 6.39. The molecule has 0 amide bonds. The van der Waals surface area contributed by atoms with E-state index in [1.807, 2.05) is 16.9 Å². The normalized spacial score (nSPS) is 15.9. The molecule has 0 saturated carbocycles. The van der Waals surface area contributed by atoms with Crippen LogP contribution in [0.2, 0.25) is 0 Å². The zero-order chi connectivity index (χ0) is 22.8. The third-order valence-corrected chi connectivity index (χ3v) is 7.68. The van der Waals surface area contributed by atoms with Gasteiger partial charge in [0, 0.05) is 50.1 Å². The third-order valence-electron chi connectivity index (χ3n) is 6.52. The van der Waals surface area contributed by atoms with E-state index in [2.05, 4.69) is 46.3 Å². The highest BCUT2D eigenvalue weighted by molar-refractivity contribution is 7.18. The van der Waals surface area contributed by atoms with Crippen LogP contribution in [-0.2, 0) is 30.7 Å². The zero-order valence-electron chi connectivity index (χ0n) is 19.1. The Morgan fingerprint density at radius 3 is 2.88 bits per heavy atom. The predicted octanol–water partition coefficient (Wildman–Crippen LogP) is 3.67. The summed E-state index contributed by atoms with van der Waals surface area (Å²) in [5, 5.41) is 5.13. The van der Waals surface area contributed by atoms with E-state index < -0.39 is 0 Å². The summed E-state index contributed by atoms with van der Waals surface area (Å²) in [6, 6.07) is 11.0. The smallest absolute Gasteiger partial charge is 0.262 e. The molecule has 7 nitrogen and oxygen atoms in total. The average Bonchev–Trinajstić information content (AvgIpc) is 3.49. The summed E-state index contributed by atoms with van der Waals surface area (Å²) < 4.78 is 8.73. The van der Waals surface area contributed by atoms with Gasteiger partial charge in [0.1, 0.15) is 4.83 Å². The molecule has 0 spiro atoms. The van der Waals surface area contributed by atoms with Gasteiger partial charge in [-0.15, -0.1) is 11.3 Å². The summed E-state index contributed by atoms with van der Waals surface area (Å²) in [5.41, 5.74) is 3.68.